The van der Waals surface area contributed by atoms with Crippen molar-refractivity contribution in [2.24, 2.45) is 0 Å². The van der Waals surface area contributed by atoms with Crippen LogP contribution in [0.25, 0.3) is 0 Å². The van der Waals surface area contributed by atoms with E-state index in [1.54, 1.807) is 24.3 Å². The molecule has 10 aliphatic rings. The SMILES string of the molecule is CS(=O)(=O)c1cc(P[C]23[CH]4[CH]5[CH]6[CH]2[Fe]56432789[CH]3[CH]2[CH]7[C]8(Pc2cc(S(C)(=O)=O)cc(S(C)(=O)=O)c2)[CH]39)cc(S(C)(=O)=O)c1. The standard InChI is InChI=1S/2C13H14O4PS2.Fe/c2*1-19(14,15)12-7-11(18-10-5-3-4-6-10)8-13(9-12)20(2,16)17;/h2*3-9,18H,1-2H3;. The molecular weight excluding hydrogens is 686 g/mol. The number of fused-ring (bicyclic) bond motifs is 10. The second kappa shape index (κ2) is 3.46. The maximum absolute atomic E-state index is 12.5. The molecule has 1 spiro atoms. The number of hydrogen-bond acceptors (Lipinski definition) is 8. The summed E-state index contributed by atoms with van der Waals surface area (Å²) in [5, 5.41) is 1.72. The van der Waals surface area contributed by atoms with E-state index >= 15 is 0 Å². The van der Waals surface area contributed by atoms with Crippen molar-refractivity contribution >= 4 is 67.1 Å². The summed E-state index contributed by atoms with van der Waals surface area (Å²) < 4.78 is 101. The van der Waals surface area contributed by atoms with Crippen molar-refractivity contribution in [2.45, 2.75) is 66.2 Å². The molecule has 10 unspecified atom stereocenters. The fourth-order valence-corrected chi connectivity index (χ4v) is 122. The number of hydrogen-bond donors (Lipinski definition) is 0. The average Bonchev–Trinajstić information content (AvgIpc) is 3.78. The molecule has 0 aromatic heterocycles. The molecule has 2 aromatic rings. The molecule has 0 radical (unpaired) electrons. The van der Waals surface area contributed by atoms with Crippen molar-refractivity contribution in [3.8, 4) is 0 Å². The first-order chi connectivity index (χ1) is 18.5. The third kappa shape index (κ3) is 0.697. The summed E-state index contributed by atoms with van der Waals surface area (Å²) in [4.78, 5) is 6.98. The van der Waals surface area contributed by atoms with E-state index in [0.29, 0.717) is 25.3 Å². The number of benzene rings is 2. The van der Waals surface area contributed by atoms with Gasteiger partial charge in [-0.1, -0.05) is 0 Å². The second-order valence-electron chi connectivity index (χ2n) is 16.5. The van der Waals surface area contributed by atoms with Crippen molar-refractivity contribution in [3.05, 3.63) is 36.4 Å². The van der Waals surface area contributed by atoms with Gasteiger partial charge in [-0.3, -0.25) is 0 Å². The van der Waals surface area contributed by atoms with Crippen molar-refractivity contribution < 1.29 is 40.2 Å². The second-order valence-corrected chi connectivity index (χ2v) is 52.0. The molecule has 41 heavy (non-hydrogen) atoms. The van der Waals surface area contributed by atoms with Crippen LogP contribution >= 0.6 is 17.2 Å². The summed E-state index contributed by atoms with van der Waals surface area (Å²) in [6, 6.07) is 9.45. The molecule has 222 valence electrons. The zero-order valence-corrected chi connectivity index (χ0v) is 28.7. The third-order valence-electron chi connectivity index (χ3n) is 19.0. The summed E-state index contributed by atoms with van der Waals surface area (Å²) in [5.74, 6) is 0. The molecule has 15 heteroatoms. The summed E-state index contributed by atoms with van der Waals surface area (Å²) >= 11 is 0. The van der Waals surface area contributed by atoms with E-state index in [0.717, 1.165) is 74.2 Å². The van der Waals surface area contributed by atoms with Gasteiger partial charge in [0.25, 0.3) is 0 Å². The quantitative estimate of drug-likeness (QED) is 0.301. The molecule has 10 saturated heterocycles. The first-order valence-electron chi connectivity index (χ1n) is 13.4. The van der Waals surface area contributed by atoms with E-state index in [1.807, 2.05) is 0 Å². The van der Waals surface area contributed by atoms with Crippen LogP contribution in [0, 0.1) is 0 Å². The van der Waals surface area contributed by atoms with E-state index in [1.165, 1.54) is 12.1 Å². The van der Waals surface area contributed by atoms with Crippen LogP contribution in [0.2, 0.25) is 38.5 Å². The van der Waals surface area contributed by atoms with Gasteiger partial charge in [-0.2, -0.15) is 0 Å². The topological polar surface area (TPSA) is 137 Å². The molecule has 0 amide bonds. The van der Waals surface area contributed by atoms with Crippen molar-refractivity contribution in [2.75, 3.05) is 25.0 Å². The zero-order chi connectivity index (χ0) is 29.1. The monoisotopic (exact) mass is 714 g/mol. The Morgan fingerprint density at radius 3 is 0.927 bits per heavy atom. The van der Waals surface area contributed by atoms with Gasteiger partial charge in [-0.15, -0.1) is 0 Å². The van der Waals surface area contributed by atoms with Gasteiger partial charge in [-0.25, -0.2) is 0 Å². The predicted molar refractivity (Wildman–Crippen MR) is 157 cm³/mol. The third-order valence-corrected chi connectivity index (χ3v) is 78.0. The zero-order valence-electron chi connectivity index (χ0n) is 22.3. The van der Waals surface area contributed by atoms with Gasteiger partial charge >= 0.3 is 235 Å². The van der Waals surface area contributed by atoms with Crippen molar-refractivity contribution in [3.63, 3.8) is 0 Å². The van der Waals surface area contributed by atoms with Crippen LogP contribution in [0.3, 0.4) is 0 Å². The Hall–Kier alpha value is -0.381. The molecule has 10 heterocycles. The van der Waals surface area contributed by atoms with Gasteiger partial charge in [0.15, 0.2) is 0 Å². The van der Waals surface area contributed by atoms with Gasteiger partial charge in [-0.05, 0) is 0 Å². The molecular formula is C26H28FeO8P2S4. The molecule has 0 N–H and O–H groups in total. The van der Waals surface area contributed by atoms with E-state index in [4.69, 9.17) is 0 Å². The first-order valence-corrected chi connectivity index (χ1v) is 29.2. The Morgan fingerprint density at radius 1 is 0.488 bits per heavy atom. The summed E-state index contributed by atoms with van der Waals surface area (Å²) in [6.45, 7) is -4.14. The Bertz CT molecular complexity index is 2420. The fraction of sp³-hybridized carbons (Fsp3) is 0.538. The number of rotatable bonds is 8. The molecule has 10 aliphatic heterocycles. The van der Waals surface area contributed by atoms with Crippen LogP contribution in [0.4, 0.5) is 0 Å². The Kier molecular flexibility index (Phi) is 2.02. The van der Waals surface area contributed by atoms with Crippen molar-refractivity contribution in [1.29, 1.82) is 0 Å². The predicted octanol–water partition coefficient (Wildman–Crippen LogP) is 2.81. The summed E-state index contributed by atoms with van der Waals surface area (Å²) in [7, 11) is -13.5. The number of sulfone groups is 4. The van der Waals surface area contributed by atoms with E-state index in [9.17, 15) is 33.7 Å². The Balaban J connectivity index is 1.03. The normalized spacial score (nSPS) is 60.3. The van der Waals surface area contributed by atoms with Gasteiger partial charge in [0, 0.05) is 0 Å². The minimum atomic E-state index is -4.14. The Labute approximate surface area is 233 Å². The van der Waals surface area contributed by atoms with E-state index < -0.39 is 45.9 Å². The average molecular weight is 715 g/mol. The molecule has 0 bridgehead atoms. The van der Waals surface area contributed by atoms with Gasteiger partial charge in [0.2, 0.25) is 0 Å². The van der Waals surface area contributed by atoms with E-state index in [-0.39, 0.29) is 19.6 Å². The van der Waals surface area contributed by atoms with Gasteiger partial charge in [0.1, 0.15) is 0 Å². The van der Waals surface area contributed by atoms with Crippen LogP contribution in [0.1, 0.15) is 0 Å². The molecule has 12 rings (SSSR count). The molecule has 8 nitrogen and oxygen atoms in total. The Morgan fingerprint density at radius 2 is 0.732 bits per heavy atom. The molecule has 10 fully saturated rings. The van der Waals surface area contributed by atoms with E-state index in [2.05, 4.69) is 0 Å². The van der Waals surface area contributed by atoms with Crippen LogP contribution in [-0.2, 0) is 45.9 Å². The summed E-state index contributed by atoms with van der Waals surface area (Å²) in [6.07, 6.45) is 4.49. The molecule has 0 aliphatic carbocycles. The van der Waals surface area contributed by atoms with Crippen LogP contribution < -0.4 is 10.6 Å². The van der Waals surface area contributed by atoms with Gasteiger partial charge < -0.3 is 0 Å². The molecule has 2 aromatic carbocycles. The van der Waals surface area contributed by atoms with Gasteiger partial charge in [0.05, 0.1) is 0 Å². The summed E-state index contributed by atoms with van der Waals surface area (Å²) in [5.41, 5.74) is 0. The fourth-order valence-electron chi connectivity index (χ4n) is 19.8. The molecule has 10 atom stereocenters. The van der Waals surface area contributed by atoms with Crippen LogP contribution in [0.15, 0.2) is 56.0 Å². The van der Waals surface area contributed by atoms with Crippen LogP contribution in [0.5, 0.6) is 0 Å². The maximum atomic E-state index is 12.5. The molecule has 0 saturated carbocycles. The van der Waals surface area contributed by atoms with Crippen molar-refractivity contribution in [1.82, 2.24) is 0 Å². The minimum absolute atomic E-state index is 0.0667. The first kappa shape index (κ1) is 23.9. The van der Waals surface area contributed by atoms with Crippen LogP contribution in [-0.4, -0.2) is 66.8 Å².